The van der Waals surface area contributed by atoms with Crippen molar-refractivity contribution in [2.24, 2.45) is 11.3 Å². The Morgan fingerprint density at radius 2 is 1.96 bits per heavy atom. The monoisotopic (exact) mass is 336 g/mol. The Kier molecular flexibility index (Phi) is 6.21. The largest absolute Gasteiger partial charge is 0.393 e. The predicted octanol–water partition coefficient (Wildman–Crippen LogP) is 3.76. The van der Waals surface area contributed by atoms with Crippen molar-refractivity contribution in [1.82, 2.24) is 10.6 Å². The van der Waals surface area contributed by atoms with Crippen LogP contribution in [0.5, 0.6) is 0 Å². The number of hydrogen-bond acceptors (Lipinski definition) is 2. The maximum Gasteiger partial charge on any atom is 0.315 e. The van der Waals surface area contributed by atoms with Crippen LogP contribution in [0.2, 0.25) is 0 Å². The average molecular weight is 336 g/mol. The molecule has 0 bridgehead atoms. The van der Waals surface area contributed by atoms with E-state index < -0.39 is 6.10 Å². The number of carbonyl (C=O) groups is 1. The lowest BCUT2D eigenvalue weighted by atomic mass is 9.77. The van der Waals surface area contributed by atoms with Crippen LogP contribution in [0.3, 0.4) is 0 Å². The lowest BCUT2D eigenvalue weighted by Crippen LogP contribution is -2.45. The van der Waals surface area contributed by atoms with E-state index in [-0.39, 0.29) is 23.3 Å². The topological polar surface area (TPSA) is 61.4 Å². The number of rotatable bonds is 7. The zero-order chi connectivity index (χ0) is 17.7. The van der Waals surface area contributed by atoms with E-state index in [1.165, 1.54) is 18.6 Å². The summed E-state index contributed by atoms with van der Waals surface area (Å²) in [6.07, 6.45) is 3.56. The summed E-state index contributed by atoms with van der Waals surface area (Å²) in [6, 6.07) is 6.07. The molecule has 2 amide bonds. The Bertz CT molecular complexity index is 539. The van der Waals surface area contributed by atoms with Crippen LogP contribution in [-0.4, -0.2) is 23.8 Å². The number of carbonyl (C=O) groups excluding carboxylic acids is 1. The van der Waals surface area contributed by atoms with E-state index in [1.807, 2.05) is 13.8 Å². The summed E-state index contributed by atoms with van der Waals surface area (Å²) >= 11 is 0. The molecule has 1 aromatic carbocycles. The Morgan fingerprint density at radius 3 is 2.46 bits per heavy atom. The summed E-state index contributed by atoms with van der Waals surface area (Å²) in [7, 11) is 0. The molecular formula is C19H29FN2O2. The summed E-state index contributed by atoms with van der Waals surface area (Å²) in [5.74, 6) is 0.141. The van der Waals surface area contributed by atoms with Crippen molar-refractivity contribution >= 4 is 6.03 Å². The fraction of sp³-hybridized carbons (Fsp3) is 0.632. The highest BCUT2D eigenvalue weighted by Crippen LogP contribution is 2.37. The predicted molar refractivity (Wildman–Crippen MR) is 93.1 cm³/mol. The molecule has 134 valence electrons. The highest BCUT2D eigenvalue weighted by molar-refractivity contribution is 5.74. The lowest BCUT2D eigenvalue weighted by Gasteiger charge is -2.35. The van der Waals surface area contributed by atoms with E-state index in [0.717, 1.165) is 18.4 Å². The van der Waals surface area contributed by atoms with E-state index >= 15 is 0 Å². The number of aliphatic hydroxyl groups excluding tert-OH is 1. The minimum absolute atomic E-state index is 0.0840. The molecule has 0 radical (unpaired) electrons. The van der Waals surface area contributed by atoms with E-state index in [1.54, 1.807) is 19.1 Å². The van der Waals surface area contributed by atoms with Crippen LogP contribution in [0.1, 0.15) is 58.1 Å². The van der Waals surface area contributed by atoms with Crippen molar-refractivity contribution in [2.75, 3.05) is 6.54 Å². The zero-order valence-electron chi connectivity index (χ0n) is 14.8. The fourth-order valence-electron chi connectivity index (χ4n) is 3.30. The first kappa shape index (κ1) is 18.7. The number of amides is 2. The molecule has 2 atom stereocenters. The van der Waals surface area contributed by atoms with Gasteiger partial charge in [0.2, 0.25) is 0 Å². The Morgan fingerprint density at radius 1 is 1.33 bits per heavy atom. The van der Waals surface area contributed by atoms with Gasteiger partial charge in [0.15, 0.2) is 0 Å². The van der Waals surface area contributed by atoms with Crippen LogP contribution in [-0.2, 0) is 0 Å². The number of benzene rings is 1. The molecule has 1 fully saturated rings. The quantitative estimate of drug-likeness (QED) is 0.710. The molecule has 1 saturated carbocycles. The molecule has 24 heavy (non-hydrogen) atoms. The van der Waals surface area contributed by atoms with Crippen molar-refractivity contribution < 1.29 is 14.3 Å². The van der Waals surface area contributed by atoms with Gasteiger partial charge in [0, 0.05) is 6.54 Å². The van der Waals surface area contributed by atoms with Gasteiger partial charge in [-0.15, -0.1) is 0 Å². The minimum atomic E-state index is -0.396. The third kappa shape index (κ3) is 5.48. The molecule has 2 unspecified atom stereocenters. The van der Waals surface area contributed by atoms with Crippen molar-refractivity contribution in [3.05, 3.63) is 35.6 Å². The van der Waals surface area contributed by atoms with Gasteiger partial charge in [-0.2, -0.15) is 0 Å². The van der Waals surface area contributed by atoms with E-state index in [2.05, 4.69) is 10.6 Å². The first-order valence-corrected chi connectivity index (χ1v) is 8.75. The second-order valence-electron chi connectivity index (χ2n) is 7.76. The van der Waals surface area contributed by atoms with E-state index in [4.69, 9.17) is 0 Å². The molecule has 1 aliphatic carbocycles. The molecule has 0 saturated heterocycles. The second kappa shape index (κ2) is 7.97. The Hall–Kier alpha value is -1.62. The second-order valence-corrected chi connectivity index (χ2v) is 7.76. The summed E-state index contributed by atoms with van der Waals surface area (Å²) in [6.45, 7) is 6.28. The molecule has 4 nitrogen and oxygen atoms in total. The molecule has 5 heteroatoms. The Balaban J connectivity index is 1.94. The van der Waals surface area contributed by atoms with Crippen LogP contribution in [0.25, 0.3) is 0 Å². The van der Waals surface area contributed by atoms with Gasteiger partial charge in [-0.3, -0.25) is 0 Å². The SMILES string of the molecule is CC(O)CC(C)(C)CNC(=O)NC(c1ccc(F)cc1)C1CCC1. The lowest BCUT2D eigenvalue weighted by molar-refractivity contribution is 0.128. The van der Waals surface area contributed by atoms with Crippen molar-refractivity contribution in [3.8, 4) is 0 Å². The highest BCUT2D eigenvalue weighted by atomic mass is 19.1. The summed E-state index contributed by atoms with van der Waals surface area (Å²) in [5, 5.41) is 15.5. The first-order chi connectivity index (χ1) is 11.3. The Labute approximate surface area is 143 Å². The van der Waals surface area contributed by atoms with E-state index in [0.29, 0.717) is 18.9 Å². The maximum atomic E-state index is 13.1. The number of aliphatic hydroxyl groups is 1. The van der Waals surface area contributed by atoms with Crippen LogP contribution >= 0.6 is 0 Å². The molecule has 3 N–H and O–H groups in total. The van der Waals surface area contributed by atoms with Gasteiger partial charge < -0.3 is 15.7 Å². The van der Waals surface area contributed by atoms with Crippen LogP contribution < -0.4 is 10.6 Å². The maximum absolute atomic E-state index is 13.1. The number of nitrogens with one attached hydrogen (secondary N) is 2. The molecule has 0 heterocycles. The van der Waals surface area contributed by atoms with Gasteiger partial charge in [0.1, 0.15) is 5.82 Å². The van der Waals surface area contributed by atoms with Gasteiger partial charge in [0.05, 0.1) is 12.1 Å². The smallest absolute Gasteiger partial charge is 0.315 e. The van der Waals surface area contributed by atoms with Gasteiger partial charge in [-0.1, -0.05) is 32.4 Å². The van der Waals surface area contributed by atoms with Gasteiger partial charge >= 0.3 is 6.03 Å². The highest BCUT2D eigenvalue weighted by Gasteiger charge is 2.30. The van der Waals surface area contributed by atoms with Crippen molar-refractivity contribution in [1.29, 1.82) is 0 Å². The summed E-state index contributed by atoms with van der Waals surface area (Å²) < 4.78 is 13.1. The van der Waals surface area contributed by atoms with Crippen molar-refractivity contribution in [2.45, 2.75) is 58.6 Å². The van der Waals surface area contributed by atoms with Gasteiger partial charge in [-0.05, 0) is 55.2 Å². The molecular weight excluding hydrogens is 307 g/mol. The third-order valence-electron chi connectivity index (χ3n) is 4.71. The van der Waals surface area contributed by atoms with Crippen LogP contribution in [0.4, 0.5) is 9.18 Å². The zero-order valence-corrected chi connectivity index (χ0v) is 14.8. The van der Waals surface area contributed by atoms with Gasteiger partial charge in [0.25, 0.3) is 0 Å². The summed E-state index contributed by atoms with van der Waals surface area (Å²) in [5.41, 5.74) is 0.771. The molecule has 0 aliphatic heterocycles. The van der Waals surface area contributed by atoms with Gasteiger partial charge in [-0.25, -0.2) is 9.18 Å². The number of hydrogen-bond donors (Lipinski definition) is 3. The molecule has 0 aromatic heterocycles. The standard InChI is InChI=1S/C19H29FN2O2/c1-13(23)11-19(2,3)12-21-18(24)22-17(14-5-4-6-14)15-7-9-16(20)10-8-15/h7-10,13-14,17,23H,4-6,11-12H2,1-3H3,(H2,21,22,24). The fourth-order valence-corrected chi connectivity index (χ4v) is 3.30. The van der Waals surface area contributed by atoms with E-state index in [9.17, 15) is 14.3 Å². The normalized spacial score (nSPS) is 17.7. The summed E-state index contributed by atoms with van der Waals surface area (Å²) in [4.78, 5) is 12.3. The first-order valence-electron chi connectivity index (χ1n) is 8.75. The molecule has 0 spiro atoms. The van der Waals surface area contributed by atoms with Crippen LogP contribution in [0.15, 0.2) is 24.3 Å². The third-order valence-corrected chi connectivity index (χ3v) is 4.71. The average Bonchev–Trinajstić information content (AvgIpc) is 2.42. The minimum Gasteiger partial charge on any atom is -0.393 e. The molecule has 1 aromatic rings. The molecule has 1 aliphatic rings. The number of urea groups is 1. The number of halogens is 1. The van der Waals surface area contributed by atoms with Crippen molar-refractivity contribution in [3.63, 3.8) is 0 Å². The molecule has 2 rings (SSSR count). The van der Waals surface area contributed by atoms with Crippen LogP contribution in [0, 0.1) is 17.2 Å².